The molecule has 0 saturated heterocycles. The first-order valence-electron chi connectivity index (χ1n) is 7.94. The zero-order valence-corrected chi connectivity index (χ0v) is 14.9. The fourth-order valence-corrected chi connectivity index (χ4v) is 2.44. The highest BCUT2D eigenvalue weighted by molar-refractivity contribution is 5.91. The van der Waals surface area contributed by atoms with Crippen LogP contribution in [0.5, 0.6) is 0 Å². The van der Waals surface area contributed by atoms with E-state index in [2.05, 4.69) is 0 Å². The summed E-state index contributed by atoms with van der Waals surface area (Å²) in [5, 5.41) is 0. The van der Waals surface area contributed by atoms with Crippen LogP contribution in [0.2, 0.25) is 0 Å². The number of rotatable bonds is 5. The molecule has 1 aliphatic carbocycles. The van der Waals surface area contributed by atoms with E-state index < -0.39 is 29.9 Å². The average molecular weight is 328 g/mol. The van der Waals surface area contributed by atoms with Crippen LogP contribution in [-0.2, 0) is 19.1 Å². The smallest absolute Gasteiger partial charge is 0.413 e. The summed E-state index contributed by atoms with van der Waals surface area (Å²) in [6.07, 6.45) is 1.16. The molecule has 7 nitrogen and oxygen atoms in total. The third-order valence-electron chi connectivity index (χ3n) is 4.60. The average Bonchev–Trinajstić information content (AvgIpc) is 2.48. The van der Waals surface area contributed by atoms with E-state index in [0.29, 0.717) is 12.8 Å². The number of amides is 1. The number of Topliss-reactive ketones (excluding diaryl/α,β-unsaturated/α-hetero) is 1. The fraction of sp³-hybridized carbons (Fsp3) is 0.812. The summed E-state index contributed by atoms with van der Waals surface area (Å²) in [4.78, 5) is 39.2. The van der Waals surface area contributed by atoms with Crippen LogP contribution in [0.4, 0.5) is 4.79 Å². The van der Waals surface area contributed by atoms with E-state index in [1.165, 1.54) is 11.8 Å². The fourth-order valence-electron chi connectivity index (χ4n) is 2.44. The molecular formula is C16H28N2O5. The highest BCUT2D eigenvalue weighted by atomic mass is 16.7. The largest absolute Gasteiger partial charge is 0.424 e. The van der Waals surface area contributed by atoms with Gasteiger partial charge in [-0.2, -0.15) is 0 Å². The Kier molecular flexibility index (Phi) is 6.56. The van der Waals surface area contributed by atoms with Crippen LogP contribution in [0.15, 0.2) is 0 Å². The molecule has 23 heavy (non-hydrogen) atoms. The molecule has 3 atom stereocenters. The van der Waals surface area contributed by atoms with Gasteiger partial charge in [0, 0.05) is 20.4 Å². The minimum Gasteiger partial charge on any atom is -0.424 e. The molecule has 0 spiro atoms. The summed E-state index contributed by atoms with van der Waals surface area (Å²) < 4.78 is 10.3. The normalized spacial score (nSPS) is 24.0. The monoisotopic (exact) mass is 328 g/mol. The van der Waals surface area contributed by atoms with Gasteiger partial charge >= 0.3 is 12.1 Å². The van der Waals surface area contributed by atoms with Gasteiger partial charge in [0.05, 0.1) is 0 Å². The van der Waals surface area contributed by atoms with Crippen LogP contribution >= 0.6 is 0 Å². The van der Waals surface area contributed by atoms with E-state index in [0.717, 1.165) is 12.8 Å². The van der Waals surface area contributed by atoms with E-state index in [9.17, 15) is 14.4 Å². The minimum atomic E-state index is -1.01. The number of carbonyl (C=O) groups is 3. The Balaban J connectivity index is 2.61. The van der Waals surface area contributed by atoms with Crippen LogP contribution in [-0.4, -0.2) is 66.7 Å². The van der Waals surface area contributed by atoms with Gasteiger partial charge in [-0.05, 0) is 40.8 Å². The van der Waals surface area contributed by atoms with Crippen molar-refractivity contribution in [3.63, 3.8) is 0 Å². The number of hydrogen-bond donors (Lipinski definition) is 0. The Morgan fingerprint density at radius 3 is 2.26 bits per heavy atom. The van der Waals surface area contributed by atoms with Crippen molar-refractivity contribution in [1.82, 2.24) is 9.80 Å². The molecule has 0 N–H and O–H groups in total. The van der Waals surface area contributed by atoms with E-state index >= 15 is 0 Å². The third-order valence-corrected chi connectivity index (χ3v) is 4.60. The second kappa shape index (κ2) is 7.77. The van der Waals surface area contributed by atoms with E-state index in [1.807, 2.05) is 0 Å². The standard InChI is InChI=1S/C16H28N2O5/c1-11(17(4)5)14(20)22-12(2)23-15(21)18(6)16(3)10-8-7-9-13(16)19/h11-12H,7-10H2,1-6H3/t11-,12?,16+/m0/s1. The molecule has 0 aromatic heterocycles. The first-order valence-corrected chi connectivity index (χ1v) is 7.94. The third kappa shape index (κ3) is 4.67. The number of ketones is 1. The predicted molar refractivity (Wildman–Crippen MR) is 84.8 cm³/mol. The summed E-state index contributed by atoms with van der Waals surface area (Å²) in [6.45, 7) is 4.93. The Morgan fingerprint density at radius 1 is 1.13 bits per heavy atom. The molecule has 1 amide bonds. The van der Waals surface area contributed by atoms with Crippen molar-refractivity contribution in [3.05, 3.63) is 0 Å². The van der Waals surface area contributed by atoms with Gasteiger partial charge in [-0.15, -0.1) is 0 Å². The van der Waals surface area contributed by atoms with Crippen LogP contribution in [0, 0.1) is 0 Å². The Hall–Kier alpha value is -1.63. The van der Waals surface area contributed by atoms with Crippen molar-refractivity contribution in [1.29, 1.82) is 0 Å². The van der Waals surface area contributed by atoms with Crippen molar-refractivity contribution < 1.29 is 23.9 Å². The van der Waals surface area contributed by atoms with Gasteiger partial charge in [0.15, 0.2) is 5.78 Å². The molecule has 1 fully saturated rings. The lowest BCUT2D eigenvalue weighted by Gasteiger charge is -2.39. The molecule has 0 aliphatic heterocycles. The van der Waals surface area contributed by atoms with Gasteiger partial charge in [0.25, 0.3) is 0 Å². The van der Waals surface area contributed by atoms with Gasteiger partial charge in [-0.25, -0.2) is 4.79 Å². The van der Waals surface area contributed by atoms with E-state index in [4.69, 9.17) is 9.47 Å². The number of carbonyl (C=O) groups excluding carboxylic acids is 3. The van der Waals surface area contributed by atoms with Crippen molar-refractivity contribution in [2.45, 2.75) is 64.3 Å². The van der Waals surface area contributed by atoms with Crippen molar-refractivity contribution in [2.75, 3.05) is 21.1 Å². The lowest BCUT2D eigenvalue weighted by molar-refractivity contribution is -0.171. The highest BCUT2D eigenvalue weighted by Crippen LogP contribution is 2.30. The molecule has 0 heterocycles. The minimum absolute atomic E-state index is 0.0362. The van der Waals surface area contributed by atoms with E-state index in [1.54, 1.807) is 39.9 Å². The summed E-state index contributed by atoms with van der Waals surface area (Å²) in [6, 6.07) is -0.439. The SMILES string of the molecule is CC(OC(=O)[C@H](C)N(C)C)OC(=O)N(C)[C@]1(C)CCCCC1=O. The molecule has 1 aliphatic rings. The summed E-state index contributed by atoms with van der Waals surface area (Å²) >= 11 is 0. The number of likely N-dealkylation sites (N-methyl/N-ethyl adjacent to an activating group) is 2. The molecule has 0 aromatic rings. The Bertz CT molecular complexity index is 465. The maximum absolute atomic E-state index is 12.2. The van der Waals surface area contributed by atoms with Gasteiger partial charge in [-0.1, -0.05) is 6.42 Å². The lowest BCUT2D eigenvalue weighted by Crippen LogP contribution is -2.55. The summed E-state index contributed by atoms with van der Waals surface area (Å²) in [5.41, 5.74) is -0.851. The Labute approximate surface area is 137 Å². The number of hydrogen-bond acceptors (Lipinski definition) is 6. The van der Waals surface area contributed by atoms with Crippen molar-refractivity contribution in [3.8, 4) is 0 Å². The van der Waals surface area contributed by atoms with E-state index in [-0.39, 0.29) is 5.78 Å². The summed E-state index contributed by atoms with van der Waals surface area (Å²) in [7, 11) is 5.06. The molecule has 0 aromatic carbocycles. The van der Waals surface area contributed by atoms with Gasteiger partial charge in [0.2, 0.25) is 6.29 Å². The van der Waals surface area contributed by atoms with Gasteiger partial charge in [0.1, 0.15) is 11.6 Å². The lowest BCUT2D eigenvalue weighted by atomic mass is 9.81. The number of nitrogens with zero attached hydrogens (tertiary/aromatic N) is 2. The van der Waals surface area contributed by atoms with Crippen LogP contribution in [0.1, 0.15) is 46.5 Å². The molecule has 1 rings (SSSR count). The quantitative estimate of drug-likeness (QED) is 0.566. The highest BCUT2D eigenvalue weighted by Gasteiger charge is 2.42. The van der Waals surface area contributed by atoms with Crippen LogP contribution < -0.4 is 0 Å². The molecule has 1 saturated carbocycles. The predicted octanol–water partition coefficient (Wildman–Crippen LogP) is 1.80. The molecular weight excluding hydrogens is 300 g/mol. The number of ether oxygens (including phenoxy) is 2. The molecule has 7 heteroatoms. The maximum atomic E-state index is 12.2. The second-order valence-electron chi connectivity index (χ2n) is 6.49. The van der Waals surface area contributed by atoms with Crippen molar-refractivity contribution >= 4 is 17.8 Å². The number of esters is 1. The first-order chi connectivity index (χ1) is 10.6. The maximum Gasteiger partial charge on any atom is 0.413 e. The molecule has 0 radical (unpaired) electrons. The Morgan fingerprint density at radius 2 is 1.74 bits per heavy atom. The topological polar surface area (TPSA) is 76.2 Å². The molecule has 1 unspecified atom stereocenters. The van der Waals surface area contributed by atoms with Crippen LogP contribution in [0.25, 0.3) is 0 Å². The van der Waals surface area contributed by atoms with Gasteiger partial charge in [-0.3, -0.25) is 19.4 Å². The van der Waals surface area contributed by atoms with Gasteiger partial charge < -0.3 is 9.47 Å². The van der Waals surface area contributed by atoms with Crippen molar-refractivity contribution in [2.24, 2.45) is 0 Å². The summed E-state index contributed by atoms with van der Waals surface area (Å²) in [5.74, 6) is -0.438. The van der Waals surface area contributed by atoms with Crippen LogP contribution in [0.3, 0.4) is 0 Å². The zero-order valence-electron chi connectivity index (χ0n) is 14.9. The first kappa shape index (κ1) is 19.4. The zero-order chi connectivity index (χ0) is 17.8. The molecule has 132 valence electrons. The second-order valence-corrected chi connectivity index (χ2v) is 6.49. The molecule has 0 bridgehead atoms.